The summed E-state index contributed by atoms with van der Waals surface area (Å²) in [5, 5.41) is 3.62. The van der Waals surface area contributed by atoms with Crippen molar-refractivity contribution in [2.24, 2.45) is 7.05 Å². The van der Waals surface area contributed by atoms with Crippen LogP contribution in [0.3, 0.4) is 0 Å². The molecule has 2 bridgehead atoms. The lowest BCUT2D eigenvalue weighted by Crippen LogP contribution is -2.64. The second kappa shape index (κ2) is 4.99. The van der Waals surface area contributed by atoms with Gasteiger partial charge in [0.2, 0.25) is 0 Å². The highest BCUT2D eigenvalue weighted by Gasteiger charge is 2.37. The normalized spacial score (nSPS) is 32.7. The third kappa shape index (κ3) is 2.18. The Kier molecular flexibility index (Phi) is 3.37. The third-order valence-electron chi connectivity index (χ3n) is 4.17. The lowest BCUT2D eigenvalue weighted by atomic mass is 9.98. The molecule has 4 rings (SSSR count). The predicted molar refractivity (Wildman–Crippen MR) is 71.4 cm³/mol. The van der Waals surface area contributed by atoms with E-state index in [9.17, 15) is 0 Å². The molecule has 0 spiro atoms. The van der Waals surface area contributed by atoms with Crippen LogP contribution in [0, 0.1) is 0 Å². The van der Waals surface area contributed by atoms with Crippen molar-refractivity contribution in [2.45, 2.75) is 19.0 Å². The molecule has 18 heavy (non-hydrogen) atoms. The molecule has 2 unspecified atom stereocenters. The van der Waals surface area contributed by atoms with Crippen LogP contribution in [-0.4, -0.2) is 64.7 Å². The Bertz CT molecular complexity index is 394. The second-order valence-corrected chi connectivity index (χ2v) is 5.40. The lowest BCUT2D eigenvalue weighted by molar-refractivity contribution is -0.00401. The molecule has 0 saturated carbocycles. The van der Waals surface area contributed by atoms with Crippen molar-refractivity contribution in [2.75, 3.05) is 39.3 Å². The van der Waals surface area contributed by atoms with Gasteiger partial charge in [-0.2, -0.15) is 0 Å². The number of nitrogens with zero attached hydrogens (tertiary/aromatic N) is 4. The van der Waals surface area contributed by atoms with E-state index >= 15 is 0 Å². The van der Waals surface area contributed by atoms with Gasteiger partial charge in [0.05, 0.1) is 18.1 Å². The van der Waals surface area contributed by atoms with Crippen molar-refractivity contribution in [3.8, 4) is 0 Å². The first-order valence-corrected chi connectivity index (χ1v) is 6.95. The first-order chi connectivity index (χ1) is 8.78. The van der Waals surface area contributed by atoms with Gasteiger partial charge in [0.15, 0.2) is 0 Å². The fourth-order valence-electron chi connectivity index (χ4n) is 3.23. The molecule has 4 heterocycles. The molecule has 1 aromatic heterocycles. The van der Waals surface area contributed by atoms with E-state index in [0.29, 0.717) is 12.1 Å². The summed E-state index contributed by atoms with van der Waals surface area (Å²) in [4.78, 5) is 9.76. The minimum absolute atomic E-state index is 0.360. The summed E-state index contributed by atoms with van der Waals surface area (Å²) in [6.07, 6.45) is 4.04. The SMILES string of the molecule is CCNC(c1cn(C)cn1)C1CN2CCN1CC2. The molecule has 5 heteroatoms. The van der Waals surface area contributed by atoms with Gasteiger partial charge in [0, 0.05) is 52.0 Å². The summed E-state index contributed by atoms with van der Waals surface area (Å²) in [5.74, 6) is 0. The number of nitrogens with one attached hydrogen (secondary N) is 1. The summed E-state index contributed by atoms with van der Waals surface area (Å²) in [7, 11) is 2.04. The molecule has 1 N–H and O–H groups in total. The second-order valence-electron chi connectivity index (χ2n) is 5.40. The zero-order chi connectivity index (χ0) is 12.5. The highest BCUT2D eigenvalue weighted by molar-refractivity contribution is 5.10. The zero-order valence-corrected chi connectivity index (χ0v) is 11.3. The van der Waals surface area contributed by atoms with Crippen LogP contribution in [0.1, 0.15) is 18.7 Å². The Morgan fingerprint density at radius 3 is 2.67 bits per heavy atom. The van der Waals surface area contributed by atoms with E-state index in [4.69, 9.17) is 0 Å². The van der Waals surface area contributed by atoms with E-state index in [0.717, 1.165) is 6.54 Å². The topological polar surface area (TPSA) is 36.3 Å². The highest BCUT2D eigenvalue weighted by Crippen LogP contribution is 2.26. The van der Waals surface area contributed by atoms with Crippen molar-refractivity contribution in [3.05, 3.63) is 18.2 Å². The number of aryl methyl sites for hydroxylation is 1. The van der Waals surface area contributed by atoms with E-state index in [1.165, 1.54) is 38.4 Å². The number of likely N-dealkylation sites (N-methyl/N-ethyl adjacent to an activating group) is 1. The quantitative estimate of drug-likeness (QED) is 0.819. The minimum Gasteiger partial charge on any atom is -0.340 e. The van der Waals surface area contributed by atoms with Gasteiger partial charge in [-0.25, -0.2) is 4.98 Å². The van der Waals surface area contributed by atoms with Gasteiger partial charge in [0.1, 0.15) is 0 Å². The molecule has 100 valence electrons. The van der Waals surface area contributed by atoms with Crippen LogP contribution in [0.2, 0.25) is 0 Å². The number of piperazine rings is 3. The van der Waals surface area contributed by atoms with Gasteiger partial charge < -0.3 is 9.88 Å². The lowest BCUT2D eigenvalue weighted by Gasteiger charge is -2.50. The Hall–Kier alpha value is -0.910. The number of hydrogen-bond acceptors (Lipinski definition) is 4. The van der Waals surface area contributed by atoms with Crippen molar-refractivity contribution in [1.82, 2.24) is 24.7 Å². The zero-order valence-electron chi connectivity index (χ0n) is 11.3. The molecule has 0 aromatic carbocycles. The molecular formula is C13H23N5. The van der Waals surface area contributed by atoms with Crippen LogP contribution in [0.5, 0.6) is 0 Å². The first-order valence-electron chi connectivity index (χ1n) is 6.95. The third-order valence-corrected chi connectivity index (χ3v) is 4.17. The monoisotopic (exact) mass is 249 g/mol. The molecular weight excluding hydrogens is 226 g/mol. The van der Waals surface area contributed by atoms with Gasteiger partial charge in [-0.1, -0.05) is 6.92 Å². The molecule has 0 radical (unpaired) electrons. The maximum atomic E-state index is 4.55. The molecule has 5 nitrogen and oxygen atoms in total. The Labute approximate surface area is 109 Å². The predicted octanol–water partition coefficient (Wildman–Crippen LogP) is 0.0705. The van der Waals surface area contributed by atoms with E-state index in [1.807, 2.05) is 17.9 Å². The molecule has 3 aliphatic rings. The van der Waals surface area contributed by atoms with Crippen molar-refractivity contribution >= 4 is 0 Å². The number of imidazole rings is 1. The summed E-state index contributed by atoms with van der Waals surface area (Å²) in [5.41, 5.74) is 1.18. The standard InChI is InChI=1S/C13H23N5/c1-3-14-13(11-8-16(2)10-15-11)12-9-17-4-6-18(12)7-5-17/h8,10,12-14H,3-7,9H2,1-2H3. The van der Waals surface area contributed by atoms with E-state index in [2.05, 4.69) is 33.2 Å². The highest BCUT2D eigenvalue weighted by atomic mass is 15.4. The first kappa shape index (κ1) is 12.1. The molecule has 2 atom stereocenters. The molecule has 3 saturated heterocycles. The maximum Gasteiger partial charge on any atom is 0.0947 e. The number of hydrogen-bond donors (Lipinski definition) is 1. The summed E-state index contributed by atoms with van der Waals surface area (Å²) in [6, 6.07) is 0.932. The maximum absolute atomic E-state index is 4.55. The van der Waals surface area contributed by atoms with Crippen LogP contribution in [-0.2, 0) is 7.05 Å². The Balaban J connectivity index is 1.81. The van der Waals surface area contributed by atoms with Gasteiger partial charge in [-0.15, -0.1) is 0 Å². The van der Waals surface area contributed by atoms with Crippen LogP contribution in [0.15, 0.2) is 12.5 Å². The van der Waals surface area contributed by atoms with Crippen molar-refractivity contribution < 1.29 is 0 Å². The molecule has 0 aliphatic carbocycles. The van der Waals surface area contributed by atoms with Gasteiger partial charge in [-0.05, 0) is 6.54 Å². The van der Waals surface area contributed by atoms with E-state index < -0.39 is 0 Å². The van der Waals surface area contributed by atoms with Crippen LogP contribution in [0.25, 0.3) is 0 Å². The van der Waals surface area contributed by atoms with Crippen LogP contribution in [0.4, 0.5) is 0 Å². The summed E-state index contributed by atoms with van der Waals surface area (Å²) < 4.78 is 2.04. The smallest absolute Gasteiger partial charge is 0.0947 e. The van der Waals surface area contributed by atoms with Gasteiger partial charge in [-0.3, -0.25) is 9.80 Å². The fraction of sp³-hybridized carbons (Fsp3) is 0.769. The van der Waals surface area contributed by atoms with E-state index in [1.54, 1.807) is 0 Å². The number of aromatic nitrogens is 2. The Morgan fingerprint density at radius 1 is 1.39 bits per heavy atom. The van der Waals surface area contributed by atoms with Gasteiger partial charge in [0.25, 0.3) is 0 Å². The molecule has 1 aromatic rings. The van der Waals surface area contributed by atoms with Crippen LogP contribution >= 0.6 is 0 Å². The largest absolute Gasteiger partial charge is 0.340 e. The number of fused-ring (bicyclic) bond motifs is 3. The minimum atomic E-state index is 0.360. The van der Waals surface area contributed by atoms with Crippen molar-refractivity contribution in [3.63, 3.8) is 0 Å². The molecule has 3 fully saturated rings. The number of rotatable bonds is 4. The summed E-state index contributed by atoms with van der Waals surface area (Å²) >= 11 is 0. The Morgan fingerprint density at radius 2 is 2.17 bits per heavy atom. The fourth-order valence-corrected chi connectivity index (χ4v) is 3.23. The average Bonchev–Trinajstić information content (AvgIpc) is 2.83. The van der Waals surface area contributed by atoms with Crippen molar-refractivity contribution in [1.29, 1.82) is 0 Å². The van der Waals surface area contributed by atoms with Crippen LogP contribution < -0.4 is 5.32 Å². The average molecular weight is 249 g/mol. The molecule has 3 aliphatic heterocycles. The molecule has 0 amide bonds. The van der Waals surface area contributed by atoms with E-state index in [-0.39, 0.29) is 0 Å². The van der Waals surface area contributed by atoms with Gasteiger partial charge >= 0.3 is 0 Å². The summed E-state index contributed by atoms with van der Waals surface area (Å²) in [6.45, 7) is 9.22.